The number of amides is 1. The number of nitrogens with two attached hydrogens (primary N) is 1. The number of aliphatic carboxylic acids is 1. The smallest absolute Gasteiger partial charge is 0.327 e. The van der Waals surface area contributed by atoms with E-state index >= 15 is 0 Å². The number of nitrogens with zero attached hydrogens (tertiary/aromatic N) is 6. The molecule has 3 aromatic heterocycles. The fraction of sp³-hybridized carbons (Fsp3) is 0.500. The van der Waals surface area contributed by atoms with Gasteiger partial charge in [0.2, 0.25) is 0 Å². The molecule has 3 aromatic rings. The highest BCUT2D eigenvalue weighted by molar-refractivity contribution is 5.97. The third kappa shape index (κ3) is 5.33. The van der Waals surface area contributed by atoms with Crippen molar-refractivity contribution in [2.24, 2.45) is 11.7 Å². The van der Waals surface area contributed by atoms with Gasteiger partial charge < -0.3 is 16.2 Å². The lowest BCUT2D eigenvalue weighted by Crippen LogP contribution is -2.42. The Kier molecular flexibility index (Phi) is 7.72. The van der Waals surface area contributed by atoms with Crippen LogP contribution < -0.4 is 11.1 Å². The Morgan fingerprint density at radius 3 is 2.80 bits per heavy atom. The fourth-order valence-corrected chi connectivity index (χ4v) is 4.87. The summed E-state index contributed by atoms with van der Waals surface area (Å²) in [5, 5.41) is 26.6. The van der Waals surface area contributed by atoms with Crippen molar-refractivity contribution in [3.05, 3.63) is 31.0 Å². The van der Waals surface area contributed by atoms with Gasteiger partial charge in [-0.05, 0) is 50.6 Å². The summed E-state index contributed by atoms with van der Waals surface area (Å²) in [5.41, 5.74) is 7.24. The van der Waals surface area contributed by atoms with Crippen molar-refractivity contribution in [3.63, 3.8) is 0 Å². The molecule has 0 aliphatic heterocycles. The summed E-state index contributed by atoms with van der Waals surface area (Å²) >= 11 is 0. The normalized spacial score (nSPS) is 15.7. The van der Waals surface area contributed by atoms with Crippen molar-refractivity contribution in [3.8, 4) is 17.3 Å². The lowest BCUT2D eigenvalue weighted by molar-refractivity contribution is -0.139. The Bertz CT molecular complexity index is 1220. The SMILES string of the molecule is N#CC[C@H](C1CCCC1)n1cc(-c2ncnc3c2ccn3C(=O)N[C@@H](CCCCN)C(=O)O)cn1. The zero-order valence-corrected chi connectivity index (χ0v) is 19.5. The molecular weight excluding hydrogens is 448 g/mol. The first-order valence-electron chi connectivity index (χ1n) is 12.0. The molecule has 2 atom stereocenters. The topological polar surface area (TPSA) is 165 Å². The maximum absolute atomic E-state index is 12.9. The molecule has 4 N–H and O–H groups in total. The summed E-state index contributed by atoms with van der Waals surface area (Å²) < 4.78 is 3.16. The minimum atomic E-state index is -1.09. The van der Waals surface area contributed by atoms with Gasteiger partial charge in [0.05, 0.1) is 30.4 Å². The van der Waals surface area contributed by atoms with Crippen LogP contribution in [0.1, 0.15) is 57.4 Å². The molecule has 1 aliphatic rings. The van der Waals surface area contributed by atoms with Crippen molar-refractivity contribution in [1.29, 1.82) is 5.26 Å². The average Bonchev–Trinajstić information content (AvgIpc) is 3.62. The third-order valence-corrected chi connectivity index (χ3v) is 6.70. The molecule has 4 rings (SSSR count). The number of fused-ring (bicyclic) bond motifs is 1. The summed E-state index contributed by atoms with van der Waals surface area (Å²) in [4.78, 5) is 33.2. The highest BCUT2D eigenvalue weighted by Crippen LogP contribution is 2.36. The molecule has 0 spiro atoms. The van der Waals surface area contributed by atoms with E-state index in [1.807, 2.05) is 10.9 Å². The molecule has 11 heteroatoms. The Balaban J connectivity index is 1.58. The van der Waals surface area contributed by atoms with Gasteiger partial charge in [-0.25, -0.2) is 19.6 Å². The Hall–Kier alpha value is -3.78. The Morgan fingerprint density at radius 2 is 2.09 bits per heavy atom. The van der Waals surface area contributed by atoms with Crippen LogP contribution in [0.3, 0.4) is 0 Å². The molecule has 0 bridgehead atoms. The third-order valence-electron chi connectivity index (χ3n) is 6.70. The number of nitrogens with one attached hydrogen (secondary N) is 1. The van der Waals surface area contributed by atoms with Crippen molar-refractivity contribution < 1.29 is 14.7 Å². The van der Waals surface area contributed by atoms with Crippen LogP contribution in [0.4, 0.5) is 4.79 Å². The second-order valence-electron chi connectivity index (χ2n) is 8.95. The first-order chi connectivity index (χ1) is 17.0. The largest absolute Gasteiger partial charge is 0.480 e. The molecule has 1 aliphatic carbocycles. The first kappa shape index (κ1) is 24.3. The van der Waals surface area contributed by atoms with Crippen LogP contribution in [0.5, 0.6) is 0 Å². The Morgan fingerprint density at radius 1 is 1.29 bits per heavy atom. The number of hydrogen-bond acceptors (Lipinski definition) is 7. The Labute approximate surface area is 203 Å². The van der Waals surface area contributed by atoms with Gasteiger partial charge in [-0.15, -0.1) is 0 Å². The van der Waals surface area contributed by atoms with E-state index in [1.165, 1.54) is 23.7 Å². The van der Waals surface area contributed by atoms with E-state index in [4.69, 9.17) is 5.73 Å². The van der Waals surface area contributed by atoms with E-state index in [1.54, 1.807) is 18.5 Å². The number of hydrogen-bond donors (Lipinski definition) is 3. The molecule has 0 unspecified atom stereocenters. The number of carboxylic acids is 1. The number of carboxylic acid groups (broad SMARTS) is 1. The second-order valence-corrected chi connectivity index (χ2v) is 8.95. The molecule has 3 heterocycles. The van der Waals surface area contributed by atoms with Crippen LogP contribution in [-0.2, 0) is 4.79 Å². The predicted octanol–water partition coefficient (Wildman–Crippen LogP) is 3.08. The lowest BCUT2D eigenvalue weighted by atomic mass is 9.96. The fourth-order valence-electron chi connectivity index (χ4n) is 4.87. The quantitative estimate of drug-likeness (QED) is 0.374. The summed E-state index contributed by atoms with van der Waals surface area (Å²) in [6, 6.07) is 2.46. The second kappa shape index (κ2) is 11.1. The molecule has 0 aromatic carbocycles. The van der Waals surface area contributed by atoms with Crippen molar-refractivity contribution in [1.82, 2.24) is 29.6 Å². The molecule has 1 amide bonds. The number of rotatable bonds is 10. The predicted molar refractivity (Wildman–Crippen MR) is 128 cm³/mol. The van der Waals surface area contributed by atoms with Crippen LogP contribution in [0.15, 0.2) is 31.0 Å². The molecule has 11 nitrogen and oxygen atoms in total. The first-order valence-corrected chi connectivity index (χ1v) is 12.0. The molecule has 184 valence electrons. The monoisotopic (exact) mass is 478 g/mol. The van der Waals surface area contributed by atoms with E-state index in [2.05, 4.69) is 26.5 Å². The summed E-state index contributed by atoms with van der Waals surface area (Å²) in [6.07, 6.45) is 13.1. The van der Waals surface area contributed by atoms with Crippen molar-refractivity contribution >= 4 is 23.0 Å². The van der Waals surface area contributed by atoms with Gasteiger partial charge in [0, 0.05) is 23.3 Å². The van der Waals surface area contributed by atoms with E-state index in [0.29, 0.717) is 54.9 Å². The van der Waals surface area contributed by atoms with Gasteiger partial charge >= 0.3 is 12.0 Å². The molecular formula is C24H30N8O3. The van der Waals surface area contributed by atoms with Crippen molar-refractivity contribution in [2.75, 3.05) is 6.54 Å². The zero-order chi connectivity index (χ0) is 24.8. The highest BCUT2D eigenvalue weighted by atomic mass is 16.4. The maximum Gasteiger partial charge on any atom is 0.327 e. The minimum absolute atomic E-state index is 0.0242. The van der Waals surface area contributed by atoms with Gasteiger partial charge in [0.15, 0.2) is 5.65 Å². The van der Waals surface area contributed by atoms with Crippen LogP contribution in [0.2, 0.25) is 0 Å². The number of unbranched alkanes of at least 4 members (excludes halogenated alkanes) is 1. The van der Waals surface area contributed by atoms with Gasteiger partial charge in [-0.2, -0.15) is 10.4 Å². The molecule has 0 radical (unpaired) electrons. The van der Waals surface area contributed by atoms with Crippen LogP contribution in [0.25, 0.3) is 22.3 Å². The molecule has 1 fully saturated rings. The average molecular weight is 479 g/mol. The van der Waals surface area contributed by atoms with Crippen molar-refractivity contribution in [2.45, 2.75) is 63.5 Å². The van der Waals surface area contributed by atoms with Gasteiger partial charge in [-0.3, -0.25) is 9.25 Å². The van der Waals surface area contributed by atoms with Gasteiger partial charge in [0.1, 0.15) is 12.4 Å². The molecule has 0 saturated heterocycles. The summed E-state index contributed by atoms with van der Waals surface area (Å²) in [6.45, 7) is 0.469. The van der Waals surface area contributed by atoms with Crippen LogP contribution in [-0.4, -0.2) is 54.0 Å². The van der Waals surface area contributed by atoms with Crippen LogP contribution in [0, 0.1) is 17.2 Å². The molecule has 1 saturated carbocycles. The highest BCUT2D eigenvalue weighted by Gasteiger charge is 2.27. The number of aromatic nitrogens is 5. The van der Waals surface area contributed by atoms with Gasteiger partial charge in [-0.1, -0.05) is 12.8 Å². The van der Waals surface area contributed by atoms with Crippen LogP contribution >= 0.6 is 0 Å². The van der Waals surface area contributed by atoms with E-state index in [9.17, 15) is 20.0 Å². The number of carbonyl (C=O) groups excluding carboxylic acids is 1. The van der Waals surface area contributed by atoms with E-state index in [0.717, 1.165) is 18.4 Å². The van der Waals surface area contributed by atoms with Gasteiger partial charge in [0.25, 0.3) is 0 Å². The zero-order valence-electron chi connectivity index (χ0n) is 19.5. The van der Waals surface area contributed by atoms with E-state index in [-0.39, 0.29) is 6.04 Å². The number of nitriles is 1. The minimum Gasteiger partial charge on any atom is -0.480 e. The molecule has 35 heavy (non-hydrogen) atoms. The maximum atomic E-state index is 12.9. The van der Waals surface area contributed by atoms with E-state index < -0.39 is 18.0 Å². The number of carbonyl (C=O) groups is 2. The summed E-state index contributed by atoms with van der Waals surface area (Å²) in [5.74, 6) is -0.659. The summed E-state index contributed by atoms with van der Waals surface area (Å²) in [7, 11) is 0. The standard InChI is InChI=1S/C24H30N8O3/c25-10-4-3-7-19(23(33)34)30-24(35)31-12-9-18-21(27-15-28-22(18)31)17-13-29-32(14-17)20(8-11-26)16-5-1-2-6-16/h9,12-16,19-20H,1-8,10,25H2,(H,30,35)(H,33,34)/t19-,20+/m0/s1. The lowest BCUT2D eigenvalue weighted by Gasteiger charge is -2.21.